The minimum absolute atomic E-state index is 0.0698. The lowest BCUT2D eigenvalue weighted by atomic mass is 10.2. The Labute approximate surface area is 92.6 Å². The number of carbonyl (C=O) groups excluding carboxylic acids is 1. The number of nitrogens with one attached hydrogen (secondary N) is 1. The van der Waals surface area contributed by atoms with Crippen LogP contribution in [0.4, 0.5) is 5.13 Å². The van der Waals surface area contributed by atoms with Gasteiger partial charge in [-0.1, -0.05) is 0 Å². The summed E-state index contributed by atoms with van der Waals surface area (Å²) in [5, 5.41) is 4.87. The summed E-state index contributed by atoms with van der Waals surface area (Å²) in [6, 6.07) is 0.0698. The average Bonchev–Trinajstić information content (AvgIpc) is 2.61. The van der Waals surface area contributed by atoms with Crippen molar-refractivity contribution in [1.29, 1.82) is 0 Å². The molecule has 1 aromatic heterocycles. The third-order valence-electron chi connectivity index (χ3n) is 1.89. The summed E-state index contributed by atoms with van der Waals surface area (Å²) < 4.78 is 4.92. The standard InChI is InChI=1S/C9H15N3O2S/c1-6(3-4-14-2)11-8(13)7-5-15-9(10)12-7/h5-6H,3-4H2,1-2H3,(H2,10,12)(H,11,13). The second-order valence-electron chi connectivity index (χ2n) is 3.23. The Kier molecular flexibility index (Phi) is 4.51. The van der Waals surface area contributed by atoms with Gasteiger partial charge in [0.2, 0.25) is 0 Å². The molecule has 1 atom stereocenters. The van der Waals surface area contributed by atoms with Crippen molar-refractivity contribution >= 4 is 22.4 Å². The number of thiazole rings is 1. The zero-order chi connectivity index (χ0) is 11.3. The van der Waals surface area contributed by atoms with Crippen molar-refractivity contribution in [3.8, 4) is 0 Å². The number of anilines is 1. The Balaban J connectivity index is 2.42. The fourth-order valence-electron chi connectivity index (χ4n) is 1.06. The van der Waals surface area contributed by atoms with Gasteiger partial charge in [0.05, 0.1) is 0 Å². The molecule has 0 aliphatic carbocycles. The molecule has 0 saturated heterocycles. The van der Waals surface area contributed by atoms with Gasteiger partial charge in [0.25, 0.3) is 5.91 Å². The van der Waals surface area contributed by atoms with E-state index in [4.69, 9.17) is 10.5 Å². The molecule has 0 saturated carbocycles. The van der Waals surface area contributed by atoms with Crippen LogP contribution in [-0.4, -0.2) is 30.6 Å². The van der Waals surface area contributed by atoms with Crippen LogP contribution in [0.25, 0.3) is 0 Å². The number of nitrogens with zero attached hydrogens (tertiary/aromatic N) is 1. The van der Waals surface area contributed by atoms with E-state index in [1.165, 1.54) is 11.3 Å². The second kappa shape index (κ2) is 5.67. The zero-order valence-corrected chi connectivity index (χ0v) is 9.63. The van der Waals surface area contributed by atoms with Gasteiger partial charge in [-0.2, -0.15) is 0 Å². The van der Waals surface area contributed by atoms with Gasteiger partial charge in [-0.05, 0) is 13.3 Å². The lowest BCUT2D eigenvalue weighted by Gasteiger charge is -2.11. The number of aromatic nitrogens is 1. The molecule has 1 aromatic rings. The predicted octanol–water partition coefficient (Wildman–Crippen LogP) is 0.880. The first-order valence-corrected chi connectivity index (χ1v) is 5.52. The Bertz CT molecular complexity index is 327. The molecule has 0 bridgehead atoms. The highest BCUT2D eigenvalue weighted by atomic mass is 32.1. The first-order valence-electron chi connectivity index (χ1n) is 4.64. The van der Waals surface area contributed by atoms with E-state index in [9.17, 15) is 4.79 Å². The number of nitrogen functional groups attached to an aromatic ring is 1. The van der Waals surface area contributed by atoms with Crippen molar-refractivity contribution in [2.45, 2.75) is 19.4 Å². The maximum absolute atomic E-state index is 11.6. The van der Waals surface area contributed by atoms with Crippen molar-refractivity contribution in [3.05, 3.63) is 11.1 Å². The van der Waals surface area contributed by atoms with E-state index in [-0.39, 0.29) is 11.9 Å². The topological polar surface area (TPSA) is 77.2 Å². The van der Waals surface area contributed by atoms with Crippen LogP contribution >= 0.6 is 11.3 Å². The summed E-state index contributed by atoms with van der Waals surface area (Å²) in [7, 11) is 1.63. The normalized spacial score (nSPS) is 12.4. The molecule has 84 valence electrons. The van der Waals surface area contributed by atoms with Gasteiger partial charge in [-0.25, -0.2) is 4.98 Å². The summed E-state index contributed by atoms with van der Waals surface area (Å²) in [4.78, 5) is 15.5. The lowest BCUT2D eigenvalue weighted by molar-refractivity contribution is 0.0925. The lowest BCUT2D eigenvalue weighted by Crippen LogP contribution is -2.33. The van der Waals surface area contributed by atoms with Crippen LogP contribution in [-0.2, 0) is 4.74 Å². The van der Waals surface area contributed by atoms with E-state index in [1.807, 2.05) is 6.92 Å². The molecule has 0 fully saturated rings. The van der Waals surface area contributed by atoms with Gasteiger partial charge >= 0.3 is 0 Å². The van der Waals surface area contributed by atoms with E-state index in [0.29, 0.717) is 17.4 Å². The Morgan fingerprint density at radius 2 is 2.53 bits per heavy atom. The number of hydrogen-bond donors (Lipinski definition) is 2. The van der Waals surface area contributed by atoms with Crippen molar-refractivity contribution in [3.63, 3.8) is 0 Å². The molecule has 15 heavy (non-hydrogen) atoms. The van der Waals surface area contributed by atoms with Crippen molar-refractivity contribution in [2.24, 2.45) is 0 Å². The number of rotatable bonds is 5. The van der Waals surface area contributed by atoms with Crippen LogP contribution < -0.4 is 11.1 Å². The van der Waals surface area contributed by atoms with E-state index in [2.05, 4.69) is 10.3 Å². The molecule has 5 nitrogen and oxygen atoms in total. The van der Waals surface area contributed by atoms with Crippen LogP contribution in [0.3, 0.4) is 0 Å². The molecule has 0 spiro atoms. The smallest absolute Gasteiger partial charge is 0.271 e. The number of nitrogens with two attached hydrogens (primary N) is 1. The summed E-state index contributed by atoms with van der Waals surface area (Å²) >= 11 is 1.26. The van der Waals surface area contributed by atoms with Crippen LogP contribution in [0.5, 0.6) is 0 Å². The summed E-state index contributed by atoms with van der Waals surface area (Å²) in [6.45, 7) is 2.55. The van der Waals surface area contributed by atoms with Gasteiger partial charge in [-0.3, -0.25) is 4.79 Å². The van der Waals surface area contributed by atoms with Crippen molar-refractivity contribution < 1.29 is 9.53 Å². The van der Waals surface area contributed by atoms with Gasteiger partial charge < -0.3 is 15.8 Å². The largest absolute Gasteiger partial charge is 0.385 e. The quantitative estimate of drug-likeness (QED) is 0.785. The molecule has 0 aliphatic rings. The Morgan fingerprint density at radius 3 is 3.07 bits per heavy atom. The monoisotopic (exact) mass is 229 g/mol. The number of carbonyl (C=O) groups is 1. The maximum atomic E-state index is 11.6. The Morgan fingerprint density at radius 1 is 1.80 bits per heavy atom. The number of amides is 1. The predicted molar refractivity (Wildman–Crippen MR) is 59.9 cm³/mol. The van der Waals surface area contributed by atoms with Gasteiger partial charge in [0.15, 0.2) is 5.13 Å². The van der Waals surface area contributed by atoms with E-state index in [1.54, 1.807) is 12.5 Å². The summed E-state index contributed by atoms with van der Waals surface area (Å²) in [5.41, 5.74) is 5.81. The fraction of sp³-hybridized carbons (Fsp3) is 0.556. The van der Waals surface area contributed by atoms with Gasteiger partial charge in [0.1, 0.15) is 5.69 Å². The summed E-state index contributed by atoms with van der Waals surface area (Å²) in [5.74, 6) is -0.188. The highest BCUT2D eigenvalue weighted by Crippen LogP contribution is 2.10. The molecule has 1 unspecified atom stereocenters. The molecule has 6 heteroatoms. The minimum atomic E-state index is -0.188. The van der Waals surface area contributed by atoms with Crippen LogP contribution in [0, 0.1) is 0 Å². The van der Waals surface area contributed by atoms with Crippen LogP contribution in [0.2, 0.25) is 0 Å². The third kappa shape index (κ3) is 3.85. The zero-order valence-electron chi connectivity index (χ0n) is 8.82. The van der Waals surface area contributed by atoms with Gasteiger partial charge in [0, 0.05) is 25.1 Å². The van der Waals surface area contributed by atoms with E-state index >= 15 is 0 Å². The van der Waals surface area contributed by atoms with E-state index in [0.717, 1.165) is 6.42 Å². The van der Waals surface area contributed by atoms with Crippen molar-refractivity contribution in [2.75, 3.05) is 19.5 Å². The van der Waals surface area contributed by atoms with Crippen LogP contribution in [0.15, 0.2) is 5.38 Å². The maximum Gasteiger partial charge on any atom is 0.271 e. The first-order chi connectivity index (χ1) is 7.13. The molecule has 0 radical (unpaired) electrons. The second-order valence-corrected chi connectivity index (χ2v) is 4.12. The molecule has 3 N–H and O–H groups in total. The number of ether oxygens (including phenoxy) is 1. The summed E-state index contributed by atoms with van der Waals surface area (Å²) in [6.07, 6.45) is 0.780. The fourth-order valence-corrected chi connectivity index (χ4v) is 1.60. The molecule has 1 heterocycles. The highest BCUT2D eigenvalue weighted by molar-refractivity contribution is 7.13. The number of methoxy groups -OCH3 is 1. The molecule has 0 aliphatic heterocycles. The highest BCUT2D eigenvalue weighted by Gasteiger charge is 2.12. The van der Waals surface area contributed by atoms with Gasteiger partial charge in [-0.15, -0.1) is 11.3 Å². The van der Waals surface area contributed by atoms with Crippen LogP contribution in [0.1, 0.15) is 23.8 Å². The molecular formula is C9H15N3O2S. The third-order valence-corrected chi connectivity index (χ3v) is 2.56. The SMILES string of the molecule is COCCC(C)NC(=O)c1csc(N)n1. The van der Waals surface area contributed by atoms with E-state index < -0.39 is 0 Å². The molecule has 1 rings (SSSR count). The average molecular weight is 229 g/mol. The van der Waals surface area contributed by atoms with Crippen molar-refractivity contribution in [1.82, 2.24) is 10.3 Å². The number of hydrogen-bond acceptors (Lipinski definition) is 5. The first kappa shape index (κ1) is 11.9. The molecule has 1 amide bonds. The Hall–Kier alpha value is -1.14. The minimum Gasteiger partial charge on any atom is -0.385 e. The molecule has 0 aromatic carbocycles. The molecular weight excluding hydrogens is 214 g/mol.